The molecule has 56 heavy (non-hydrogen) atoms. The first kappa shape index (κ1) is 43.0. The number of hydrogen-bond acceptors (Lipinski definition) is 7. The van der Waals surface area contributed by atoms with Gasteiger partial charge >= 0.3 is 14.3 Å². The van der Waals surface area contributed by atoms with Crippen molar-refractivity contribution in [3.8, 4) is 11.5 Å². The Bertz CT molecular complexity index is 1840. The van der Waals surface area contributed by atoms with Gasteiger partial charge in [-0.05, 0) is 89.6 Å². The van der Waals surface area contributed by atoms with Crippen molar-refractivity contribution in [3.63, 3.8) is 0 Å². The molecule has 1 fully saturated rings. The van der Waals surface area contributed by atoms with E-state index in [1.165, 1.54) is 10.4 Å². The lowest BCUT2D eigenvalue weighted by molar-refractivity contribution is 0.106. The second kappa shape index (κ2) is 20.3. The zero-order chi connectivity index (χ0) is 40.0. The molecule has 0 aromatic heterocycles. The average molecular weight is 800 g/mol. The van der Waals surface area contributed by atoms with Crippen molar-refractivity contribution in [2.45, 2.75) is 93.9 Å². The smallest absolute Gasteiger partial charge is 0.319 e. The first-order valence-corrected chi connectivity index (χ1v) is 23.7. The molecule has 1 aliphatic rings. The molecule has 9 nitrogen and oxygen atoms in total. The van der Waals surface area contributed by atoms with Gasteiger partial charge in [0.15, 0.2) is 9.84 Å². The first-order valence-electron chi connectivity index (χ1n) is 20.2. The van der Waals surface area contributed by atoms with Gasteiger partial charge in [0.25, 0.3) is 0 Å². The van der Waals surface area contributed by atoms with Crippen molar-refractivity contribution >= 4 is 34.6 Å². The Balaban J connectivity index is 1.04. The molecule has 4 aromatic rings. The van der Waals surface area contributed by atoms with Gasteiger partial charge in [0, 0.05) is 26.2 Å². The van der Waals surface area contributed by atoms with E-state index < -0.39 is 29.5 Å². The molecule has 5 rings (SSSR count). The Morgan fingerprint density at radius 2 is 1.41 bits per heavy atom. The Labute approximate surface area is 335 Å². The monoisotopic (exact) mass is 799 g/mol. The first-order chi connectivity index (χ1) is 26.9. The maximum Gasteiger partial charge on any atom is 0.319 e. The van der Waals surface area contributed by atoms with Gasteiger partial charge < -0.3 is 29.8 Å². The van der Waals surface area contributed by atoms with E-state index in [1.807, 2.05) is 48.5 Å². The molecule has 0 aliphatic carbocycles. The fourth-order valence-electron chi connectivity index (χ4n) is 7.45. The fourth-order valence-corrected chi connectivity index (χ4v) is 13.6. The van der Waals surface area contributed by atoms with Gasteiger partial charge in [0.1, 0.15) is 24.2 Å². The predicted molar refractivity (Wildman–Crippen MR) is 229 cm³/mol. The number of urea groups is 1. The minimum Gasteiger partial charge on any atom is -0.534 e. The number of likely N-dealkylation sites (tertiary alicyclic amines) is 1. The molecule has 2 amide bonds. The van der Waals surface area contributed by atoms with Crippen molar-refractivity contribution in [3.05, 3.63) is 115 Å². The summed E-state index contributed by atoms with van der Waals surface area (Å²) in [6, 6.07) is 35.7. The number of aliphatic hydroxyl groups excluding tert-OH is 1. The minimum atomic E-state index is -3.49. The number of aliphatic hydroxyl groups is 1. The number of rotatable bonds is 19. The van der Waals surface area contributed by atoms with E-state index in [4.69, 9.17) is 9.16 Å². The molecule has 0 spiro atoms. The SMILES string of the molecule is CCCCCCNC(=O)N1CCC(S(=O)(=O)c2ccc(CCNC[C@H](O)COc3ccc(O[Si](c4ccccc4)(c4ccccc4)C(C)(C)C)cc3)cc2)CC1. The summed E-state index contributed by atoms with van der Waals surface area (Å²) in [5, 5.41) is 18.6. The Morgan fingerprint density at radius 3 is 1.98 bits per heavy atom. The number of unbranched alkanes of at least 4 members (excludes halogenated alkanes) is 3. The van der Waals surface area contributed by atoms with Crippen LogP contribution in [0, 0.1) is 0 Å². The number of benzene rings is 4. The van der Waals surface area contributed by atoms with Crippen LogP contribution in [0.4, 0.5) is 4.79 Å². The van der Waals surface area contributed by atoms with Gasteiger partial charge in [-0.3, -0.25) is 0 Å². The standard InChI is InChI=1S/C45H61N3O6SSi/c1-5-6-7-14-30-47-44(50)48-32-28-41(29-33-48)55(51,52)40-25-19-36(20-26-40)27-31-46-34-37(49)35-53-38-21-23-39(24-22-38)54-56(45(2,3)4,42-15-10-8-11-16-42)43-17-12-9-13-18-43/h8-13,15-26,37,41,46,49H,5-7,14,27-35H2,1-4H3,(H,47,50)/t37-/m0/s1. The third-order valence-electron chi connectivity index (χ3n) is 10.7. The number of piperidine rings is 1. The quantitative estimate of drug-likeness (QED) is 0.0713. The van der Waals surface area contributed by atoms with Crippen LogP contribution in [0.2, 0.25) is 5.04 Å². The molecule has 3 N–H and O–H groups in total. The zero-order valence-electron chi connectivity index (χ0n) is 33.6. The van der Waals surface area contributed by atoms with E-state index in [9.17, 15) is 18.3 Å². The maximum atomic E-state index is 13.4. The summed E-state index contributed by atoms with van der Waals surface area (Å²) in [5.41, 5.74) is 1.01. The van der Waals surface area contributed by atoms with Gasteiger partial charge in [-0.15, -0.1) is 0 Å². The summed E-state index contributed by atoms with van der Waals surface area (Å²) in [5.74, 6) is 1.42. The van der Waals surface area contributed by atoms with Crippen LogP contribution in [0.5, 0.6) is 11.5 Å². The van der Waals surface area contributed by atoms with E-state index in [0.717, 1.165) is 37.0 Å². The van der Waals surface area contributed by atoms with Crippen LogP contribution in [0.3, 0.4) is 0 Å². The van der Waals surface area contributed by atoms with Gasteiger partial charge in [0.2, 0.25) is 0 Å². The van der Waals surface area contributed by atoms with E-state index in [2.05, 4.69) is 86.9 Å². The van der Waals surface area contributed by atoms with E-state index in [0.29, 0.717) is 62.6 Å². The van der Waals surface area contributed by atoms with Gasteiger partial charge in [-0.2, -0.15) is 0 Å². The number of sulfone groups is 1. The molecule has 1 atom stereocenters. The van der Waals surface area contributed by atoms with Crippen LogP contribution in [0.1, 0.15) is 71.8 Å². The van der Waals surface area contributed by atoms with Crippen LogP contribution >= 0.6 is 0 Å². The number of nitrogens with one attached hydrogen (secondary N) is 2. The molecular weight excluding hydrogens is 739 g/mol. The second-order valence-electron chi connectivity index (χ2n) is 15.8. The van der Waals surface area contributed by atoms with E-state index in [1.54, 1.807) is 17.0 Å². The maximum absolute atomic E-state index is 13.4. The molecule has 302 valence electrons. The molecule has 1 aliphatic heterocycles. The lowest BCUT2D eigenvalue weighted by Crippen LogP contribution is -2.68. The number of hydrogen-bond donors (Lipinski definition) is 3. The molecule has 0 unspecified atom stereocenters. The second-order valence-corrected chi connectivity index (χ2v) is 22.3. The third kappa shape index (κ3) is 11.2. The summed E-state index contributed by atoms with van der Waals surface area (Å²) in [6.45, 7) is 11.6. The van der Waals surface area contributed by atoms with Crippen LogP contribution in [0.15, 0.2) is 114 Å². The number of carbonyl (C=O) groups excluding carboxylic acids is 1. The zero-order valence-corrected chi connectivity index (χ0v) is 35.4. The normalized spacial score (nSPS) is 14.6. The van der Waals surface area contributed by atoms with Crippen molar-refractivity contribution < 1.29 is 27.5 Å². The van der Waals surface area contributed by atoms with Crippen LogP contribution in [-0.4, -0.2) is 83.5 Å². The Morgan fingerprint density at radius 1 is 0.821 bits per heavy atom. The van der Waals surface area contributed by atoms with E-state index in [-0.39, 0.29) is 17.7 Å². The largest absolute Gasteiger partial charge is 0.534 e. The lowest BCUT2D eigenvalue weighted by Gasteiger charge is -2.43. The van der Waals surface area contributed by atoms with Crippen LogP contribution in [-0.2, 0) is 16.3 Å². The van der Waals surface area contributed by atoms with Crippen molar-refractivity contribution in [1.82, 2.24) is 15.5 Å². The van der Waals surface area contributed by atoms with Gasteiger partial charge in [0.05, 0.1) is 10.1 Å². The van der Waals surface area contributed by atoms with Crippen molar-refractivity contribution in [2.75, 3.05) is 39.3 Å². The molecule has 1 saturated heterocycles. The highest BCUT2D eigenvalue weighted by Crippen LogP contribution is 2.38. The van der Waals surface area contributed by atoms with Crippen LogP contribution in [0.25, 0.3) is 0 Å². The highest BCUT2D eigenvalue weighted by atomic mass is 32.2. The lowest BCUT2D eigenvalue weighted by atomic mass is 10.1. The summed E-state index contributed by atoms with van der Waals surface area (Å²) >= 11 is 0. The number of ether oxygens (including phenoxy) is 1. The molecular formula is C45H61N3O6SSi. The van der Waals surface area contributed by atoms with Gasteiger partial charge in [-0.1, -0.05) is 120 Å². The molecule has 1 heterocycles. The topological polar surface area (TPSA) is 117 Å². The molecule has 11 heteroatoms. The molecule has 0 radical (unpaired) electrons. The summed E-state index contributed by atoms with van der Waals surface area (Å²) in [6.07, 6.45) is 5.23. The van der Waals surface area contributed by atoms with Crippen LogP contribution < -0.4 is 30.2 Å². The molecule has 4 aromatic carbocycles. The number of nitrogens with zero attached hydrogens (tertiary/aromatic N) is 1. The number of amides is 2. The summed E-state index contributed by atoms with van der Waals surface area (Å²) in [4.78, 5) is 14.6. The number of carbonyl (C=O) groups is 1. The Hall–Kier alpha value is -4.16. The van der Waals surface area contributed by atoms with Gasteiger partial charge in [-0.25, -0.2) is 13.2 Å². The van der Waals surface area contributed by atoms with Crippen molar-refractivity contribution in [2.24, 2.45) is 0 Å². The molecule has 0 saturated carbocycles. The predicted octanol–water partition coefficient (Wildman–Crippen LogP) is 6.73. The highest BCUT2D eigenvalue weighted by Gasteiger charge is 2.52. The fraction of sp³-hybridized carbons (Fsp3) is 0.444. The van der Waals surface area contributed by atoms with E-state index >= 15 is 0 Å². The summed E-state index contributed by atoms with van der Waals surface area (Å²) < 4.78 is 39.8. The minimum absolute atomic E-state index is 0.0983. The highest BCUT2D eigenvalue weighted by molar-refractivity contribution is 7.92. The molecule has 0 bridgehead atoms. The Kier molecular flexibility index (Phi) is 15.6. The van der Waals surface area contributed by atoms with Crippen molar-refractivity contribution in [1.29, 1.82) is 0 Å². The summed E-state index contributed by atoms with van der Waals surface area (Å²) in [7, 11) is -6.23. The third-order valence-corrected chi connectivity index (χ3v) is 17.9. The average Bonchev–Trinajstić information content (AvgIpc) is 3.21.